The number of nitrogens with zero attached hydrogens (tertiary/aromatic N) is 2. The predicted octanol–water partition coefficient (Wildman–Crippen LogP) is 3.22. The maximum atomic E-state index is 5.90. The van der Waals surface area contributed by atoms with E-state index in [1.807, 2.05) is 6.07 Å². The van der Waals surface area contributed by atoms with Crippen LogP contribution in [0.15, 0.2) is 35.1 Å². The monoisotopic (exact) mass is 298 g/mol. The smallest absolute Gasteiger partial charge is 0.135 e. The van der Waals surface area contributed by atoms with Gasteiger partial charge in [0.05, 0.1) is 5.69 Å². The SMILES string of the molecule is Nc1cc(Nc2cc(Cl)ccc2Br)ncn1. The van der Waals surface area contributed by atoms with Crippen LogP contribution in [-0.4, -0.2) is 9.97 Å². The third-order valence-electron chi connectivity index (χ3n) is 1.88. The van der Waals surface area contributed by atoms with Gasteiger partial charge in [0.2, 0.25) is 0 Å². The number of halogens is 2. The Hall–Kier alpha value is -1.33. The minimum atomic E-state index is 0.413. The molecule has 82 valence electrons. The Bertz CT molecular complexity index is 518. The Morgan fingerprint density at radius 2 is 2.06 bits per heavy atom. The summed E-state index contributed by atoms with van der Waals surface area (Å²) >= 11 is 9.31. The van der Waals surface area contributed by atoms with E-state index in [0.29, 0.717) is 16.7 Å². The summed E-state index contributed by atoms with van der Waals surface area (Å²) in [7, 11) is 0. The minimum absolute atomic E-state index is 0.413. The second kappa shape index (κ2) is 4.67. The molecule has 0 aliphatic heterocycles. The van der Waals surface area contributed by atoms with E-state index in [4.69, 9.17) is 17.3 Å². The van der Waals surface area contributed by atoms with Crippen LogP contribution in [0.5, 0.6) is 0 Å². The molecule has 0 unspecified atom stereocenters. The van der Waals surface area contributed by atoms with E-state index in [-0.39, 0.29) is 0 Å². The van der Waals surface area contributed by atoms with Crippen molar-refractivity contribution in [2.24, 2.45) is 0 Å². The molecule has 0 bridgehead atoms. The number of benzene rings is 1. The van der Waals surface area contributed by atoms with Gasteiger partial charge in [-0.25, -0.2) is 9.97 Å². The van der Waals surface area contributed by atoms with Crippen molar-refractivity contribution in [2.75, 3.05) is 11.1 Å². The minimum Gasteiger partial charge on any atom is -0.384 e. The van der Waals surface area contributed by atoms with Crippen LogP contribution in [0, 0.1) is 0 Å². The number of hydrogen-bond acceptors (Lipinski definition) is 4. The maximum absolute atomic E-state index is 5.90. The molecule has 0 saturated heterocycles. The van der Waals surface area contributed by atoms with Crippen molar-refractivity contribution >= 4 is 44.9 Å². The fourth-order valence-corrected chi connectivity index (χ4v) is 1.69. The Labute approximate surface area is 106 Å². The molecule has 0 aliphatic carbocycles. The molecule has 0 fully saturated rings. The predicted molar refractivity (Wildman–Crippen MR) is 68.9 cm³/mol. The highest BCUT2D eigenvalue weighted by Gasteiger charge is 2.02. The summed E-state index contributed by atoms with van der Waals surface area (Å²) in [4.78, 5) is 7.85. The fraction of sp³-hybridized carbons (Fsp3) is 0. The van der Waals surface area contributed by atoms with Crippen molar-refractivity contribution in [2.45, 2.75) is 0 Å². The van der Waals surface area contributed by atoms with E-state index < -0.39 is 0 Å². The van der Waals surface area contributed by atoms with Gasteiger partial charge in [0.1, 0.15) is 18.0 Å². The molecule has 1 aromatic heterocycles. The number of aromatic nitrogens is 2. The van der Waals surface area contributed by atoms with Crippen molar-refractivity contribution in [1.29, 1.82) is 0 Å². The average molecular weight is 300 g/mol. The molecule has 0 aliphatic rings. The third kappa shape index (κ3) is 2.62. The Morgan fingerprint density at radius 1 is 1.25 bits per heavy atom. The second-order valence-corrected chi connectivity index (χ2v) is 4.37. The molecule has 0 radical (unpaired) electrons. The van der Waals surface area contributed by atoms with Gasteiger partial charge in [0.15, 0.2) is 0 Å². The highest BCUT2D eigenvalue weighted by atomic mass is 79.9. The summed E-state index contributed by atoms with van der Waals surface area (Å²) in [5.41, 5.74) is 6.38. The van der Waals surface area contributed by atoms with Crippen LogP contribution in [0.3, 0.4) is 0 Å². The summed E-state index contributed by atoms with van der Waals surface area (Å²) in [6, 6.07) is 7.09. The zero-order valence-corrected chi connectivity index (χ0v) is 10.5. The van der Waals surface area contributed by atoms with Gasteiger partial charge in [-0.2, -0.15) is 0 Å². The molecular weight excluding hydrogens is 291 g/mol. The van der Waals surface area contributed by atoms with Crippen molar-refractivity contribution in [3.63, 3.8) is 0 Å². The number of rotatable bonds is 2. The zero-order valence-electron chi connectivity index (χ0n) is 8.11. The molecule has 1 heterocycles. The van der Waals surface area contributed by atoms with Crippen LogP contribution in [0.2, 0.25) is 5.02 Å². The van der Waals surface area contributed by atoms with Crippen LogP contribution in [0.1, 0.15) is 0 Å². The van der Waals surface area contributed by atoms with Crippen molar-refractivity contribution < 1.29 is 0 Å². The first-order valence-corrected chi connectivity index (χ1v) is 5.62. The first kappa shape index (κ1) is 11.2. The van der Waals surface area contributed by atoms with E-state index in [1.54, 1.807) is 18.2 Å². The Morgan fingerprint density at radius 3 is 2.81 bits per heavy atom. The number of hydrogen-bond donors (Lipinski definition) is 2. The second-order valence-electron chi connectivity index (χ2n) is 3.08. The van der Waals surface area contributed by atoms with Gasteiger partial charge < -0.3 is 11.1 Å². The number of nitrogens with two attached hydrogens (primary N) is 1. The fourth-order valence-electron chi connectivity index (χ4n) is 1.17. The summed E-state index contributed by atoms with van der Waals surface area (Å²) in [5, 5.41) is 3.74. The molecule has 4 nitrogen and oxygen atoms in total. The van der Waals surface area contributed by atoms with E-state index >= 15 is 0 Å². The van der Waals surface area contributed by atoms with E-state index in [2.05, 4.69) is 31.2 Å². The normalized spacial score (nSPS) is 10.1. The number of anilines is 3. The Balaban J connectivity index is 2.30. The molecule has 1 aromatic carbocycles. The molecule has 0 atom stereocenters. The van der Waals surface area contributed by atoms with E-state index in [0.717, 1.165) is 10.2 Å². The van der Waals surface area contributed by atoms with Gasteiger partial charge >= 0.3 is 0 Å². The lowest BCUT2D eigenvalue weighted by Gasteiger charge is -2.08. The quantitative estimate of drug-likeness (QED) is 0.893. The molecule has 2 aromatic rings. The molecule has 0 amide bonds. The third-order valence-corrected chi connectivity index (χ3v) is 2.81. The van der Waals surface area contributed by atoms with Crippen molar-refractivity contribution in [3.05, 3.63) is 40.1 Å². The molecule has 0 saturated carbocycles. The number of nitrogen functional groups attached to an aromatic ring is 1. The average Bonchev–Trinajstić information content (AvgIpc) is 2.24. The standard InChI is InChI=1S/C10H8BrClN4/c11-7-2-1-6(12)3-8(7)16-10-4-9(13)14-5-15-10/h1-5H,(H3,13,14,15,16). The topological polar surface area (TPSA) is 63.8 Å². The van der Waals surface area contributed by atoms with Gasteiger partial charge in [-0.3, -0.25) is 0 Å². The lowest BCUT2D eigenvalue weighted by atomic mass is 10.3. The van der Waals surface area contributed by atoms with Gasteiger partial charge in [0, 0.05) is 15.6 Å². The highest BCUT2D eigenvalue weighted by molar-refractivity contribution is 9.10. The lowest BCUT2D eigenvalue weighted by Crippen LogP contribution is -1.97. The van der Waals surface area contributed by atoms with Crippen LogP contribution in [-0.2, 0) is 0 Å². The summed E-state index contributed by atoms with van der Waals surface area (Å²) in [6.45, 7) is 0. The molecule has 0 spiro atoms. The molecule has 6 heteroatoms. The number of nitrogens with one attached hydrogen (secondary N) is 1. The molecular formula is C10H8BrClN4. The van der Waals surface area contributed by atoms with Crippen LogP contribution >= 0.6 is 27.5 Å². The van der Waals surface area contributed by atoms with Crippen LogP contribution < -0.4 is 11.1 Å². The van der Waals surface area contributed by atoms with Crippen LogP contribution in [0.4, 0.5) is 17.3 Å². The van der Waals surface area contributed by atoms with Crippen molar-refractivity contribution in [1.82, 2.24) is 9.97 Å². The molecule has 3 N–H and O–H groups in total. The summed E-state index contributed by atoms with van der Waals surface area (Å²) in [5.74, 6) is 1.03. The van der Waals surface area contributed by atoms with E-state index in [9.17, 15) is 0 Å². The summed E-state index contributed by atoms with van der Waals surface area (Å²) < 4.78 is 0.897. The van der Waals surface area contributed by atoms with Crippen molar-refractivity contribution in [3.8, 4) is 0 Å². The first-order chi connectivity index (χ1) is 7.65. The van der Waals surface area contributed by atoms with Gasteiger partial charge in [-0.1, -0.05) is 11.6 Å². The largest absolute Gasteiger partial charge is 0.384 e. The van der Waals surface area contributed by atoms with Gasteiger partial charge in [0.25, 0.3) is 0 Å². The van der Waals surface area contributed by atoms with Gasteiger partial charge in [-0.05, 0) is 34.1 Å². The van der Waals surface area contributed by atoms with Gasteiger partial charge in [-0.15, -0.1) is 0 Å². The maximum Gasteiger partial charge on any atom is 0.135 e. The summed E-state index contributed by atoms with van der Waals surface area (Å²) in [6.07, 6.45) is 1.40. The molecule has 16 heavy (non-hydrogen) atoms. The first-order valence-electron chi connectivity index (χ1n) is 4.45. The Kier molecular flexibility index (Phi) is 3.26. The highest BCUT2D eigenvalue weighted by Crippen LogP contribution is 2.28. The zero-order chi connectivity index (χ0) is 11.5. The van der Waals surface area contributed by atoms with Crippen LogP contribution in [0.25, 0.3) is 0 Å². The molecule has 2 rings (SSSR count). The van der Waals surface area contributed by atoms with E-state index in [1.165, 1.54) is 6.33 Å². The lowest BCUT2D eigenvalue weighted by molar-refractivity contribution is 1.17.